The maximum atomic E-state index is 5.45. The minimum absolute atomic E-state index is 0.342. The molecule has 1 fully saturated rings. The van der Waals surface area contributed by atoms with Crippen LogP contribution in [0.25, 0.3) is 0 Å². The summed E-state index contributed by atoms with van der Waals surface area (Å²) in [5.41, 5.74) is 1.67. The van der Waals surface area contributed by atoms with Crippen molar-refractivity contribution in [2.45, 2.75) is 46.1 Å². The maximum absolute atomic E-state index is 5.45. The first-order chi connectivity index (χ1) is 10.1. The van der Waals surface area contributed by atoms with Crippen LogP contribution in [0.15, 0.2) is 0 Å². The molecule has 5 heteroatoms. The summed E-state index contributed by atoms with van der Waals surface area (Å²) in [7, 11) is 0. The molecule has 3 rings (SSSR count). The van der Waals surface area contributed by atoms with E-state index in [1.165, 1.54) is 28.5 Å². The molecule has 1 aromatic rings. The molecule has 0 aromatic carbocycles. The highest BCUT2D eigenvalue weighted by Crippen LogP contribution is 2.44. The van der Waals surface area contributed by atoms with Gasteiger partial charge < -0.3 is 15.0 Å². The minimum Gasteiger partial charge on any atom is -0.378 e. The van der Waals surface area contributed by atoms with Crippen molar-refractivity contribution in [1.29, 1.82) is 0 Å². The molecule has 118 valence electrons. The molecular weight excluding hydrogens is 282 g/mol. The lowest BCUT2D eigenvalue weighted by molar-refractivity contribution is 0.122. The third kappa shape index (κ3) is 3.41. The maximum Gasteiger partial charge on any atom is 0.185 e. The Morgan fingerprint density at radius 3 is 2.86 bits per heavy atom. The van der Waals surface area contributed by atoms with Crippen molar-refractivity contribution >= 4 is 16.5 Å². The van der Waals surface area contributed by atoms with Crippen molar-refractivity contribution in [2.75, 3.05) is 37.7 Å². The summed E-state index contributed by atoms with van der Waals surface area (Å²) in [6.45, 7) is 11.7. The summed E-state index contributed by atoms with van der Waals surface area (Å²) in [5, 5.41) is 4.92. The second kappa shape index (κ2) is 6.23. The van der Waals surface area contributed by atoms with Gasteiger partial charge in [-0.1, -0.05) is 32.1 Å². The number of anilines is 1. The fraction of sp³-hybridized carbons (Fsp3) is 0.812. The van der Waals surface area contributed by atoms with E-state index in [0.29, 0.717) is 11.5 Å². The van der Waals surface area contributed by atoms with E-state index in [0.717, 1.165) is 39.3 Å². The number of morpholine rings is 1. The van der Waals surface area contributed by atoms with Crippen LogP contribution in [0.1, 0.15) is 50.2 Å². The number of fused-ring (bicyclic) bond motifs is 1. The molecule has 21 heavy (non-hydrogen) atoms. The van der Waals surface area contributed by atoms with Gasteiger partial charge in [-0.05, 0) is 31.2 Å². The Hall–Kier alpha value is -0.650. The van der Waals surface area contributed by atoms with Crippen LogP contribution in [-0.4, -0.2) is 37.8 Å². The van der Waals surface area contributed by atoms with Crippen LogP contribution in [-0.2, 0) is 11.2 Å². The molecule has 1 N–H and O–H groups in total. The van der Waals surface area contributed by atoms with Gasteiger partial charge in [-0.15, -0.1) is 0 Å². The zero-order chi connectivity index (χ0) is 14.9. The van der Waals surface area contributed by atoms with Gasteiger partial charge in [0.2, 0.25) is 0 Å². The summed E-state index contributed by atoms with van der Waals surface area (Å²) in [5.74, 6) is 0. The number of aromatic nitrogens is 1. The summed E-state index contributed by atoms with van der Waals surface area (Å²) in [4.78, 5) is 8.84. The molecule has 2 aliphatic rings. The third-order valence-electron chi connectivity index (χ3n) is 4.36. The topological polar surface area (TPSA) is 37.4 Å². The zero-order valence-electron chi connectivity index (χ0n) is 13.4. The predicted octanol–water partition coefficient (Wildman–Crippen LogP) is 2.99. The van der Waals surface area contributed by atoms with Crippen LogP contribution in [0.3, 0.4) is 0 Å². The van der Waals surface area contributed by atoms with Crippen molar-refractivity contribution in [3.05, 3.63) is 10.6 Å². The Morgan fingerprint density at radius 2 is 2.14 bits per heavy atom. The van der Waals surface area contributed by atoms with Crippen LogP contribution in [0, 0.1) is 5.41 Å². The van der Waals surface area contributed by atoms with Crippen molar-refractivity contribution in [3.8, 4) is 0 Å². The smallest absolute Gasteiger partial charge is 0.185 e. The normalized spacial score (nSPS) is 24.9. The summed E-state index contributed by atoms with van der Waals surface area (Å²) < 4.78 is 5.45. The van der Waals surface area contributed by atoms with E-state index in [1.54, 1.807) is 0 Å². The van der Waals surface area contributed by atoms with Gasteiger partial charge in [-0.3, -0.25) is 0 Å². The van der Waals surface area contributed by atoms with E-state index in [2.05, 4.69) is 31.0 Å². The number of nitrogens with one attached hydrogen (secondary N) is 1. The van der Waals surface area contributed by atoms with Gasteiger partial charge in [0.1, 0.15) is 0 Å². The van der Waals surface area contributed by atoms with Crippen LogP contribution >= 0.6 is 11.3 Å². The molecule has 0 radical (unpaired) electrons. The molecule has 1 aliphatic heterocycles. The third-order valence-corrected chi connectivity index (χ3v) is 5.63. The molecule has 0 saturated carbocycles. The summed E-state index contributed by atoms with van der Waals surface area (Å²) >= 11 is 1.90. The lowest BCUT2D eigenvalue weighted by Crippen LogP contribution is -2.36. The number of hydrogen-bond donors (Lipinski definition) is 1. The van der Waals surface area contributed by atoms with Crippen LogP contribution in [0.4, 0.5) is 5.13 Å². The van der Waals surface area contributed by atoms with E-state index >= 15 is 0 Å². The Kier molecular flexibility index (Phi) is 4.52. The highest BCUT2D eigenvalue weighted by atomic mass is 32.1. The quantitative estimate of drug-likeness (QED) is 0.928. The van der Waals surface area contributed by atoms with Gasteiger partial charge in [0, 0.05) is 24.0 Å². The van der Waals surface area contributed by atoms with Gasteiger partial charge in [-0.2, -0.15) is 0 Å². The molecule has 0 amide bonds. The van der Waals surface area contributed by atoms with E-state index in [1.807, 2.05) is 11.3 Å². The van der Waals surface area contributed by atoms with Crippen LogP contribution < -0.4 is 10.2 Å². The van der Waals surface area contributed by atoms with Crippen molar-refractivity contribution in [2.24, 2.45) is 5.41 Å². The fourth-order valence-electron chi connectivity index (χ4n) is 3.29. The highest BCUT2D eigenvalue weighted by molar-refractivity contribution is 7.15. The first-order valence-corrected chi connectivity index (χ1v) is 8.96. The molecule has 2 heterocycles. The molecule has 1 aromatic heterocycles. The second-order valence-electron chi connectivity index (χ2n) is 6.96. The largest absolute Gasteiger partial charge is 0.378 e. The van der Waals surface area contributed by atoms with Gasteiger partial charge in [0.25, 0.3) is 0 Å². The average Bonchev–Trinajstić information content (AvgIpc) is 2.88. The van der Waals surface area contributed by atoms with Gasteiger partial charge in [0.15, 0.2) is 5.13 Å². The van der Waals surface area contributed by atoms with Gasteiger partial charge in [-0.25, -0.2) is 4.98 Å². The van der Waals surface area contributed by atoms with E-state index in [-0.39, 0.29) is 0 Å². The predicted molar refractivity (Wildman–Crippen MR) is 88.3 cm³/mol. The van der Waals surface area contributed by atoms with E-state index in [9.17, 15) is 0 Å². The fourth-order valence-corrected chi connectivity index (χ4v) is 4.50. The van der Waals surface area contributed by atoms with E-state index in [4.69, 9.17) is 9.72 Å². The molecule has 4 nitrogen and oxygen atoms in total. The SMILES string of the molecule is CCCNC1CC(C)(C)Cc2nc(N3CCOCC3)sc21. The van der Waals surface area contributed by atoms with E-state index < -0.39 is 0 Å². The van der Waals surface area contributed by atoms with Crippen LogP contribution in [0.2, 0.25) is 0 Å². The monoisotopic (exact) mass is 309 g/mol. The number of hydrogen-bond acceptors (Lipinski definition) is 5. The number of rotatable bonds is 4. The Bertz CT molecular complexity index is 480. The summed E-state index contributed by atoms with van der Waals surface area (Å²) in [6, 6.07) is 0.482. The molecule has 0 spiro atoms. The van der Waals surface area contributed by atoms with Gasteiger partial charge in [0.05, 0.1) is 18.9 Å². The molecule has 1 aliphatic carbocycles. The standard InChI is InChI=1S/C16H27N3OS/c1-4-5-17-12-10-16(2,3)11-13-14(12)21-15(18-13)19-6-8-20-9-7-19/h12,17H,4-11H2,1-3H3. The van der Waals surface area contributed by atoms with Crippen molar-refractivity contribution in [3.63, 3.8) is 0 Å². The first kappa shape index (κ1) is 15.3. The molecule has 1 saturated heterocycles. The molecule has 1 atom stereocenters. The molecule has 0 bridgehead atoms. The second-order valence-corrected chi connectivity index (χ2v) is 7.97. The number of nitrogens with zero attached hydrogens (tertiary/aromatic N) is 2. The Morgan fingerprint density at radius 1 is 1.38 bits per heavy atom. The zero-order valence-corrected chi connectivity index (χ0v) is 14.3. The lowest BCUT2D eigenvalue weighted by atomic mass is 9.76. The van der Waals surface area contributed by atoms with Crippen LogP contribution in [0.5, 0.6) is 0 Å². The average molecular weight is 309 g/mol. The highest BCUT2D eigenvalue weighted by Gasteiger charge is 2.35. The van der Waals surface area contributed by atoms with Gasteiger partial charge >= 0.3 is 0 Å². The minimum atomic E-state index is 0.342. The molecule has 1 unspecified atom stereocenters. The summed E-state index contributed by atoms with van der Waals surface area (Å²) in [6.07, 6.45) is 3.50. The van der Waals surface area contributed by atoms with Crippen molar-refractivity contribution < 1.29 is 4.74 Å². The first-order valence-electron chi connectivity index (χ1n) is 8.15. The van der Waals surface area contributed by atoms with Crippen molar-refractivity contribution in [1.82, 2.24) is 10.3 Å². The Labute approximate surface area is 131 Å². The Balaban J connectivity index is 1.83. The molecular formula is C16H27N3OS. The number of ether oxygens (including phenoxy) is 1. The lowest BCUT2D eigenvalue weighted by Gasteiger charge is -2.34. The number of thiazole rings is 1.